The fourth-order valence-corrected chi connectivity index (χ4v) is 1.33. The van der Waals surface area contributed by atoms with Crippen LogP contribution in [-0.2, 0) is 13.1 Å². The van der Waals surface area contributed by atoms with Gasteiger partial charge in [-0.2, -0.15) is 0 Å². The van der Waals surface area contributed by atoms with E-state index in [4.69, 9.17) is 0 Å². The van der Waals surface area contributed by atoms with E-state index in [0.29, 0.717) is 6.54 Å². The van der Waals surface area contributed by atoms with E-state index in [-0.39, 0.29) is 0 Å². The van der Waals surface area contributed by atoms with E-state index < -0.39 is 0 Å². The van der Waals surface area contributed by atoms with Crippen molar-refractivity contribution in [2.45, 2.75) is 20.0 Å². The zero-order valence-corrected chi connectivity index (χ0v) is 8.77. The first-order valence-electron chi connectivity index (χ1n) is 4.73. The number of hydrogen-bond donors (Lipinski definition) is 1. The van der Waals surface area contributed by atoms with E-state index in [1.807, 2.05) is 24.7 Å². The minimum atomic E-state index is 0.645. The fourth-order valence-electron chi connectivity index (χ4n) is 1.33. The summed E-state index contributed by atoms with van der Waals surface area (Å²) in [6.07, 6.45) is 3.76. The van der Waals surface area contributed by atoms with Gasteiger partial charge in [0.1, 0.15) is 11.4 Å². The lowest BCUT2D eigenvalue weighted by Gasteiger charge is -1.96. The molecule has 0 atom stereocenters. The molecule has 0 aliphatic rings. The van der Waals surface area contributed by atoms with Crippen LogP contribution in [0, 0.1) is 6.92 Å². The molecule has 0 fully saturated rings. The molecule has 0 radical (unpaired) electrons. The summed E-state index contributed by atoms with van der Waals surface area (Å²) in [7, 11) is 1.89. The first-order valence-corrected chi connectivity index (χ1v) is 4.73. The minimum absolute atomic E-state index is 0.645. The van der Waals surface area contributed by atoms with Crippen molar-refractivity contribution in [3.63, 3.8) is 0 Å². The second-order valence-corrected chi connectivity index (χ2v) is 3.36. The van der Waals surface area contributed by atoms with Gasteiger partial charge in [-0.25, -0.2) is 9.61 Å². The SMILES string of the molecule is CNCc1cn(Cc2nonc2C)cn1. The molecule has 2 aromatic rings. The van der Waals surface area contributed by atoms with Crippen molar-refractivity contribution < 1.29 is 4.63 Å². The van der Waals surface area contributed by atoms with E-state index in [2.05, 4.69) is 25.2 Å². The maximum absolute atomic E-state index is 4.63. The van der Waals surface area contributed by atoms with Crippen LogP contribution in [-0.4, -0.2) is 26.9 Å². The molecule has 80 valence electrons. The Kier molecular flexibility index (Phi) is 2.77. The topological polar surface area (TPSA) is 68.8 Å². The molecule has 0 saturated heterocycles. The molecule has 0 bridgehead atoms. The second kappa shape index (κ2) is 4.22. The van der Waals surface area contributed by atoms with Gasteiger partial charge in [-0.05, 0) is 14.0 Å². The summed E-state index contributed by atoms with van der Waals surface area (Å²) in [5, 5.41) is 10.6. The highest BCUT2D eigenvalue weighted by Gasteiger charge is 2.06. The van der Waals surface area contributed by atoms with Crippen molar-refractivity contribution in [1.82, 2.24) is 25.2 Å². The summed E-state index contributed by atoms with van der Waals surface area (Å²) >= 11 is 0. The van der Waals surface area contributed by atoms with Crippen molar-refractivity contribution in [1.29, 1.82) is 0 Å². The highest BCUT2D eigenvalue weighted by Crippen LogP contribution is 2.04. The third-order valence-corrected chi connectivity index (χ3v) is 2.12. The third-order valence-electron chi connectivity index (χ3n) is 2.12. The van der Waals surface area contributed by atoms with Gasteiger partial charge < -0.3 is 9.88 Å². The molecule has 0 aromatic carbocycles. The van der Waals surface area contributed by atoms with Gasteiger partial charge in [-0.1, -0.05) is 10.3 Å². The van der Waals surface area contributed by atoms with Crippen LogP contribution in [0.2, 0.25) is 0 Å². The Morgan fingerprint density at radius 2 is 2.33 bits per heavy atom. The summed E-state index contributed by atoms with van der Waals surface area (Å²) in [5.41, 5.74) is 2.66. The predicted molar refractivity (Wildman–Crippen MR) is 53.1 cm³/mol. The van der Waals surface area contributed by atoms with Crippen LogP contribution in [0.4, 0.5) is 0 Å². The number of rotatable bonds is 4. The molecule has 0 amide bonds. The van der Waals surface area contributed by atoms with E-state index in [9.17, 15) is 0 Å². The standard InChI is InChI=1S/C9H13N5O/c1-7-9(13-15-12-7)5-14-4-8(3-10-2)11-6-14/h4,6,10H,3,5H2,1-2H3. The third kappa shape index (κ3) is 2.21. The average molecular weight is 207 g/mol. The highest BCUT2D eigenvalue weighted by molar-refractivity contribution is 5.06. The van der Waals surface area contributed by atoms with Gasteiger partial charge in [0.05, 0.1) is 18.6 Å². The Balaban J connectivity index is 2.08. The first kappa shape index (κ1) is 9.85. The van der Waals surface area contributed by atoms with Crippen LogP contribution in [0.1, 0.15) is 17.1 Å². The first-order chi connectivity index (χ1) is 7.29. The second-order valence-electron chi connectivity index (χ2n) is 3.36. The van der Waals surface area contributed by atoms with Gasteiger partial charge in [0, 0.05) is 12.7 Å². The van der Waals surface area contributed by atoms with Crippen LogP contribution in [0.3, 0.4) is 0 Å². The Morgan fingerprint density at radius 3 is 3.00 bits per heavy atom. The van der Waals surface area contributed by atoms with Crippen LogP contribution in [0.25, 0.3) is 0 Å². The van der Waals surface area contributed by atoms with Gasteiger partial charge in [-0.3, -0.25) is 0 Å². The van der Waals surface area contributed by atoms with Crippen LogP contribution < -0.4 is 5.32 Å². The van der Waals surface area contributed by atoms with Crippen LogP contribution in [0.5, 0.6) is 0 Å². The number of nitrogens with one attached hydrogen (secondary N) is 1. The lowest BCUT2D eigenvalue weighted by atomic mass is 10.3. The fraction of sp³-hybridized carbons (Fsp3) is 0.444. The normalized spacial score (nSPS) is 10.8. The van der Waals surface area contributed by atoms with Crippen molar-refractivity contribution in [2.24, 2.45) is 0 Å². The quantitative estimate of drug-likeness (QED) is 0.783. The van der Waals surface area contributed by atoms with Gasteiger partial charge >= 0.3 is 0 Å². The molecule has 2 heterocycles. The van der Waals surface area contributed by atoms with Gasteiger partial charge in [0.2, 0.25) is 0 Å². The molecule has 1 N–H and O–H groups in total. The number of aromatic nitrogens is 4. The Morgan fingerprint density at radius 1 is 1.47 bits per heavy atom. The van der Waals surface area contributed by atoms with Gasteiger partial charge in [0.25, 0.3) is 0 Å². The van der Waals surface area contributed by atoms with E-state index >= 15 is 0 Å². The predicted octanol–water partition coefficient (Wildman–Crippen LogP) is 0.342. The molecule has 6 nitrogen and oxygen atoms in total. The Hall–Kier alpha value is -1.69. The Labute approximate surface area is 87.3 Å². The summed E-state index contributed by atoms with van der Waals surface area (Å²) in [6, 6.07) is 0. The molecular formula is C9H13N5O. The molecular weight excluding hydrogens is 194 g/mol. The lowest BCUT2D eigenvalue weighted by Crippen LogP contribution is -2.05. The average Bonchev–Trinajstić information content (AvgIpc) is 2.79. The monoisotopic (exact) mass is 207 g/mol. The largest absolute Gasteiger partial charge is 0.331 e. The smallest absolute Gasteiger partial charge is 0.127 e. The number of hydrogen-bond acceptors (Lipinski definition) is 5. The van der Waals surface area contributed by atoms with Crippen LogP contribution >= 0.6 is 0 Å². The molecule has 0 saturated carbocycles. The van der Waals surface area contributed by atoms with Crippen LogP contribution in [0.15, 0.2) is 17.2 Å². The lowest BCUT2D eigenvalue weighted by molar-refractivity contribution is 0.300. The van der Waals surface area contributed by atoms with Crippen molar-refractivity contribution >= 4 is 0 Å². The Bertz CT molecular complexity index is 433. The molecule has 0 spiro atoms. The number of aryl methyl sites for hydroxylation is 1. The van der Waals surface area contributed by atoms with Gasteiger partial charge in [-0.15, -0.1) is 0 Å². The molecule has 6 heteroatoms. The minimum Gasteiger partial charge on any atom is -0.331 e. The molecule has 2 rings (SSSR count). The van der Waals surface area contributed by atoms with E-state index in [1.165, 1.54) is 0 Å². The molecule has 15 heavy (non-hydrogen) atoms. The molecule has 0 unspecified atom stereocenters. The molecule has 0 aliphatic carbocycles. The number of imidazole rings is 1. The number of nitrogens with zero attached hydrogens (tertiary/aromatic N) is 4. The van der Waals surface area contributed by atoms with Crippen molar-refractivity contribution in [3.05, 3.63) is 29.6 Å². The van der Waals surface area contributed by atoms with Gasteiger partial charge in [0.15, 0.2) is 0 Å². The highest BCUT2D eigenvalue weighted by atomic mass is 16.6. The molecule has 2 aromatic heterocycles. The summed E-state index contributed by atoms with van der Waals surface area (Å²) in [4.78, 5) is 4.24. The van der Waals surface area contributed by atoms with E-state index in [1.54, 1.807) is 6.33 Å². The molecule has 0 aliphatic heterocycles. The summed E-state index contributed by atoms with van der Waals surface area (Å²) in [5.74, 6) is 0. The maximum atomic E-state index is 4.63. The van der Waals surface area contributed by atoms with Crippen molar-refractivity contribution in [3.8, 4) is 0 Å². The zero-order chi connectivity index (χ0) is 10.7. The zero-order valence-electron chi connectivity index (χ0n) is 8.77. The maximum Gasteiger partial charge on any atom is 0.127 e. The van der Waals surface area contributed by atoms with Crippen molar-refractivity contribution in [2.75, 3.05) is 7.05 Å². The summed E-state index contributed by atoms with van der Waals surface area (Å²) < 4.78 is 6.58. The van der Waals surface area contributed by atoms with E-state index in [0.717, 1.165) is 23.6 Å². The summed E-state index contributed by atoms with van der Waals surface area (Å²) in [6.45, 7) is 3.28.